The van der Waals surface area contributed by atoms with Gasteiger partial charge >= 0.3 is 0 Å². The van der Waals surface area contributed by atoms with Crippen molar-refractivity contribution in [3.8, 4) is 0 Å². The quantitative estimate of drug-likeness (QED) is 0.718. The fraction of sp³-hybridized carbons (Fsp3) is 0.923. The maximum atomic E-state index is 12.2. The largest absolute Gasteiger partial charge is 0.381 e. The topological polar surface area (TPSA) is 48.0 Å². The fourth-order valence-corrected chi connectivity index (χ4v) is 3.20. The first-order valence-corrected chi connectivity index (χ1v) is 6.76. The molecule has 3 heterocycles. The summed E-state index contributed by atoms with van der Waals surface area (Å²) in [4.78, 5) is 14.1. The Kier molecular flexibility index (Phi) is 3.30. The van der Waals surface area contributed by atoms with Crippen LogP contribution in [0.1, 0.15) is 19.3 Å². The van der Waals surface area contributed by atoms with Crippen molar-refractivity contribution in [1.82, 2.24) is 4.90 Å². The average Bonchev–Trinajstić information content (AvgIpc) is 2.89. The molecule has 3 aliphatic rings. The van der Waals surface area contributed by atoms with Crippen molar-refractivity contribution in [2.24, 2.45) is 5.92 Å². The summed E-state index contributed by atoms with van der Waals surface area (Å²) in [7, 11) is 1.75. The maximum absolute atomic E-state index is 12.2. The molecule has 3 aliphatic heterocycles. The minimum Gasteiger partial charge on any atom is -0.381 e. The van der Waals surface area contributed by atoms with Gasteiger partial charge in [0.1, 0.15) is 5.60 Å². The van der Waals surface area contributed by atoms with E-state index in [0.717, 1.165) is 45.6 Å². The number of likely N-dealkylation sites (tertiary alicyclic amines) is 1. The summed E-state index contributed by atoms with van der Waals surface area (Å²) in [6.45, 7) is 3.50. The number of hydrogen-bond donors (Lipinski definition) is 0. The summed E-state index contributed by atoms with van der Waals surface area (Å²) in [6.07, 6.45) is 3.02. The number of carbonyl (C=O) groups is 1. The van der Waals surface area contributed by atoms with Crippen LogP contribution in [0.2, 0.25) is 0 Å². The van der Waals surface area contributed by atoms with Gasteiger partial charge in [0.2, 0.25) is 5.91 Å². The molecule has 3 rings (SSSR count). The highest BCUT2D eigenvalue weighted by molar-refractivity contribution is 5.80. The highest BCUT2D eigenvalue weighted by Crippen LogP contribution is 2.36. The Morgan fingerprint density at radius 2 is 2.17 bits per heavy atom. The van der Waals surface area contributed by atoms with Gasteiger partial charge in [0.25, 0.3) is 0 Å². The van der Waals surface area contributed by atoms with E-state index in [-0.39, 0.29) is 23.5 Å². The van der Waals surface area contributed by atoms with E-state index >= 15 is 0 Å². The normalized spacial score (nSPS) is 34.6. The number of carbonyl (C=O) groups excluding carboxylic acids is 1. The van der Waals surface area contributed by atoms with Crippen LogP contribution in [0.4, 0.5) is 0 Å². The molecule has 0 bridgehead atoms. The molecule has 0 aromatic heterocycles. The first kappa shape index (κ1) is 12.4. The Hall–Kier alpha value is -0.650. The highest BCUT2D eigenvalue weighted by Gasteiger charge is 2.50. The molecule has 102 valence electrons. The lowest BCUT2D eigenvalue weighted by Gasteiger charge is -2.53. The van der Waals surface area contributed by atoms with E-state index < -0.39 is 0 Å². The second-order valence-corrected chi connectivity index (χ2v) is 5.64. The smallest absolute Gasteiger partial charge is 0.228 e. The Morgan fingerprint density at radius 3 is 2.83 bits per heavy atom. The van der Waals surface area contributed by atoms with Crippen LogP contribution in [0.3, 0.4) is 0 Å². The van der Waals surface area contributed by atoms with Crippen LogP contribution < -0.4 is 0 Å². The van der Waals surface area contributed by atoms with Crippen molar-refractivity contribution in [1.29, 1.82) is 0 Å². The first-order valence-electron chi connectivity index (χ1n) is 6.76. The first-order chi connectivity index (χ1) is 8.72. The lowest BCUT2D eigenvalue weighted by Crippen LogP contribution is -2.68. The predicted octanol–water partition coefficient (Wildman–Crippen LogP) is 0.429. The van der Waals surface area contributed by atoms with Gasteiger partial charge in [0.15, 0.2) is 0 Å². The summed E-state index contributed by atoms with van der Waals surface area (Å²) >= 11 is 0. The van der Waals surface area contributed by atoms with Crippen LogP contribution in [-0.2, 0) is 19.0 Å². The van der Waals surface area contributed by atoms with Crippen LogP contribution >= 0.6 is 0 Å². The zero-order chi connectivity index (χ0) is 12.6. The van der Waals surface area contributed by atoms with Crippen LogP contribution in [0.5, 0.6) is 0 Å². The Morgan fingerprint density at radius 1 is 1.33 bits per heavy atom. The van der Waals surface area contributed by atoms with Crippen LogP contribution in [0.15, 0.2) is 0 Å². The molecule has 0 N–H and O–H groups in total. The van der Waals surface area contributed by atoms with Gasteiger partial charge in [-0.05, 0) is 12.8 Å². The molecule has 0 aliphatic carbocycles. The lowest BCUT2D eigenvalue weighted by atomic mass is 9.84. The van der Waals surface area contributed by atoms with Crippen molar-refractivity contribution in [3.05, 3.63) is 0 Å². The van der Waals surface area contributed by atoms with Crippen molar-refractivity contribution in [3.63, 3.8) is 0 Å². The van der Waals surface area contributed by atoms with E-state index in [4.69, 9.17) is 14.2 Å². The summed E-state index contributed by atoms with van der Waals surface area (Å²) in [5.74, 6) is 0.311. The third-order valence-corrected chi connectivity index (χ3v) is 4.33. The standard InChI is InChI=1S/C13H21NO4/c1-16-11-3-5-18-13(6-11)8-14(9-13)12(15)10-2-4-17-7-10/h10-11H,2-9H2,1H3/t10-,11-/m1/s1. The third kappa shape index (κ3) is 2.15. The average molecular weight is 255 g/mol. The van der Waals surface area contributed by atoms with Crippen molar-refractivity contribution in [2.45, 2.75) is 31.0 Å². The second-order valence-electron chi connectivity index (χ2n) is 5.64. The SMILES string of the molecule is CO[C@@H]1CCOC2(C1)CN(C(=O)[C@@H]1CCOC1)C2. The molecule has 3 fully saturated rings. The molecule has 5 heteroatoms. The van der Waals surface area contributed by atoms with E-state index in [9.17, 15) is 4.79 Å². The molecule has 1 amide bonds. The Bertz CT molecular complexity index is 321. The molecule has 0 aromatic rings. The van der Waals surface area contributed by atoms with Gasteiger partial charge in [-0.1, -0.05) is 0 Å². The summed E-state index contributed by atoms with van der Waals surface area (Å²) in [6, 6.07) is 0. The number of ether oxygens (including phenoxy) is 3. The van der Waals surface area contributed by atoms with Crippen LogP contribution in [-0.4, -0.2) is 62.5 Å². The minimum absolute atomic E-state index is 0.0733. The number of hydrogen-bond acceptors (Lipinski definition) is 4. The van der Waals surface area contributed by atoms with Gasteiger partial charge in [-0.25, -0.2) is 0 Å². The zero-order valence-corrected chi connectivity index (χ0v) is 10.9. The molecule has 3 saturated heterocycles. The van der Waals surface area contributed by atoms with Gasteiger partial charge < -0.3 is 19.1 Å². The molecule has 2 atom stereocenters. The maximum Gasteiger partial charge on any atom is 0.228 e. The summed E-state index contributed by atoms with van der Waals surface area (Å²) < 4.78 is 16.6. The molecule has 18 heavy (non-hydrogen) atoms. The van der Waals surface area contributed by atoms with E-state index in [1.165, 1.54) is 0 Å². The fourth-order valence-electron chi connectivity index (χ4n) is 3.20. The number of rotatable bonds is 2. The second kappa shape index (κ2) is 4.79. The molecule has 0 saturated carbocycles. The van der Waals surface area contributed by atoms with Crippen molar-refractivity contribution in [2.75, 3.05) is 40.0 Å². The molecular formula is C13H21NO4. The number of methoxy groups -OCH3 is 1. The van der Waals surface area contributed by atoms with E-state index in [1.54, 1.807) is 7.11 Å². The molecular weight excluding hydrogens is 234 g/mol. The molecule has 5 nitrogen and oxygen atoms in total. The minimum atomic E-state index is -0.131. The van der Waals surface area contributed by atoms with Gasteiger partial charge in [0, 0.05) is 26.7 Å². The van der Waals surface area contributed by atoms with E-state index in [1.807, 2.05) is 4.90 Å². The predicted molar refractivity (Wildman–Crippen MR) is 64.2 cm³/mol. The van der Waals surface area contributed by atoms with Crippen molar-refractivity contribution < 1.29 is 19.0 Å². The lowest BCUT2D eigenvalue weighted by molar-refractivity contribution is -0.200. The number of amides is 1. The van der Waals surface area contributed by atoms with Gasteiger partial charge in [0.05, 0.1) is 31.7 Å². The summed E-state index contributed by atoms with van der Waals surface area (Å²) in [5.41, 5.74) is -0.131. The molecule has 0 unspecified atom stereocenters. The third-order valence-electron chi connectivity index (χ3n) is 4.33. The highest BCUT2D eigenvalue weighted by atomic mass is 16.5. The van der Waals surface area contributed by atoms with E-state index in [2.05, 4.69) is 0 Å². The van der Waals surface area contributed by atoms with Gasteiger partial charge in [-0.3, -0.25) is 4.79 Å². The van der Waals surface area contributed by atoms with Gasteiger partial charge in [-0.15, -0.1) is 0 Å². The molecule has 0 aromatic carbocycles. The Labute approximate surface area is 107 Å². The monoisotopic (exact) mass is 255 g/mol. The van der Waals surface area contributed by atoms with Crippen molar-refractivity contribution >= 4 is 5.91 Å². The van der Waals surface area contributed by atoms with E-state index in [0.29, 0.717) is 6.61 Å². The zero-order valence-electron chi connectivity index (χ0n) is 10.9. The number of nitrogens with zero attached hydrogens (tertiary/aromatic N) is 1. The molecule has 1 spiro atoms. The van der Waals surface area contributed by atoms with Crippen LogP contribution in [0, 0.1) is 5.92 Å². The molecule has 0 radical (unpaired) electrons. The van der Waals surface area contributed by atoms with Gasteiger partial charge in [-0.2, -0.15) is 0 Å². The van der Waals surface area contributed by atoms with Crippen LogP contribution in [0.25, 0.3) is 0 Å². The summed E-state index contributed by atoms with van der Waals surface area (Å²) in [5, 5.41) is 0. The Balaban J connectivity index is 1.53.